The normalized spacial score (nSPS) is 11.0. The van der Waals surface area contributed by atoms with E-state index < -0.39 is 0 Å². The van der Waals surface area contributed by atoms with E-state index in [0.29, 0.717) is 6.42 Å². The maximum atomic E-state index is 8.59. The van der Waals surface area contributed by atoms with Gasteiger partial charge in [0, 0.05) is 18.0 Å². The minimum atomic E-state index is 0.203. The molecule has 0 unspecified atom stereocenters. The molecule has 0 radical (unpaired) electrons. The van der Waals surface area contributed by atoms with Gasteiger partial charge in [0.2, 0.25) is 0 Å². The molecule has 70 valence electrons. The lowest BCUT2D eigenvalue weighted by molar-refractivity contribution is 0.303. The van der Waals surface area contributed by atoms with Gasteiger partial charge in [-0.2, -0.15) is 0 Å². The number of rotatable bonds is 3. The molecule has 1 N–H and O–H groups in total. The molecule has 1 heterocycles. The van der Waals surface area contributed by atoms with Crippen LogP contribution in [0.1, 0.15) is 23.4 Å². The van der Waals surface area contributed by atoms with Crippen LogP contribution in [0.3, 0.4) is 0 Å². The molecule has 0 spiro atoms. The molecule has 0 amide bonds. The third-order valence-corrected chi connectivity index (χ3v) is 1.86. The fourth-order valence-electron chi connectivity index (χ4n) is 1.16. The van der Waals surface area contributed by atoms with Gasteiger partial charge in [-0.15, -0.1) is 0 Å². The summed E-state index contributed by atoms with van der Waals surface area (Å²) in [5, 5.41) is 8.59. The second kappa shape index (κ2) is 4.77. The summed E-state index contributed by atoms with van der Waals surface area (Å²) in [5.74, 6) is 0. The van der Waals surface area contributed by atoms with Crippen molar-refractivity contribution in [1.82, 2.24) is 4.98 Å². The van der Waals surface area contributed by atoms with Crippen LogP contribution in [0.15, 0.2) is 18.2 Å². The predicted octanol–water partition coefficient (Wildman–Crippen LogP) is 2.09. The summed E-state index contributed by atoms with van der Waals surface area (Å²) in [6.07, 6.45) is 4.66. The lowest BCUT2D eigenvalue weighted by Gasteiger charge is -1.99. The highest BCUT2D eigenvalue weighted by molar-refractivity contribution is 5.51. The van der Waals surface area contributed by atoms with E-state index in [0.717, 1.165) is 17.0 Å². The molecule has 0 bridgehead atoms. The molecule has 0 aromatic carbocycles. The van der Waals surface area contributed by atoms with Crippen molar-refractivity contribution in [2.24, 2.45) is 0 Å². The van der Waals surface area contributed by atoms with E-state index in [1.807, 2.05) is 38.1 Å². The smallest absolute Gasteiger partial charge is 0.0465 e. The average molecular weight is 177 g/mol. The Morgan fingerprint density at radius 3 is 2.77 bits per heavy atom. The Morgan fingerprint density at radius 1 is 1.38 bits per heavy atom. The first kappa shape index (κ1) is 9.93. The zero-order chi connectivity index (χ0) is 9.68. The number of nitrogens with zero attached hydrogens (tertiary/aromatic N) is 1. The van der Waals surface area contributed by atoms with E-state index in [9.17, 15) is 0 Å². The number of aryl methyl sites for hydroxylation is 2. The van der Waals surface area contributed by atoms with Crippen molar-refractivity contribution in [3.05, 3.63) is 35.2 Å². The Bertz CT molecular complexity index is 305. The highest BCUT2D eigenvalue weighted by Crippen LogP contribution is 2.08. The van der Waals surface area contributed by atoms with E-state index in [1.165, 1.54) is 0 Å². The average Bonchev–Trinajstić information content (AvgIpc) is 2.09. The van der Waals surface area contributed by atoms with Gasteiger partial charge in [0.15, 0.2) is 0 Å². The van der Waals surface area contributed by atoms with Gasteiger partial charge in [0.1, 0.15) is 0 Å². The summed E-state index contributed by atoms with van der Waals surface area (Å²) in [7, 11) is 0. The first-order chi connectivity index (χ1) is 6.24. The summed E-state index contributed by atoms with van der Waals surface area (Å²) in [4.78, 5) is 4.34. The first-order valence-corrected chi connectivity index (χ1v) is 4.45. The van der Waals surface area contributed by atoms with E-state index >= 15 is 0 Å². The summed E-state index contributed by atoms with van der Waals surface area (Å²) in [6, 6.07) is 4.04. The number of aliphatic hydroxyl groups is 1. The zero-order valence-electron chi connectivity index (χ0n) is 8.12. The molecule has 1 aromatic rings. The number of hydrogen-bond acceptors (Lipinski definition) is 2. The van der Waals surface area contributed by atoms with E-state index in [2.05, 4.69) is 4.98 Å². The molecule has 1 rings (SSSR count). The standard InChI is InChI=1S/C11H15NO/c1-9-6-7-11(10(2)12-9)5-3-4-8-13/h3,5-7,13H,4,8H2,1-2H3. The van der Waals surface area contributed by atoms with Gasteiger partial charge in [-0.1, -0.05) is 18.2 Å². The predicted molar refractivity (Wildman–Crippen MR) is 54.4 cm³/mol. The van der Waals surface area contributed by atoms with Crippen LogP contribution in [0.25, 0.3) is 6.08 Å². The van der Waals surface area contributed by atoms with Gasteiger partial charge in [0.25, 0.3) is 0 Å². The van der Waals surface area contributed by atoms with E-state index in [1.54, 1.807) is 0 Å². The zero-order valence-corrected chi connectivity index (χ0v) is 8.12. The van der Waals surface area contributed by atoms with Gasteiger partial charge in [-0.25, -0.2) is 0 Å². The highest BCUT2D eigenvalue weighted by Gasteiger charge is 1.94. The third kappa shape index (κ3) is 2.99. The summed E-state index contributed by atoms with van der Waals surface area (Å²) in [6.45, 7) is 4.18. The molecule has 2 nitrogen and oxygen atoms in total. The van der Waals surface area contributed by atoms with Gasteiger partial charge in [-0.05, 0) is 31.9 Å². The lowest BCUT2D eigenvalue weighted by Crippen LogP contribution is -1.88. The van der Waals surface area contributed by atoms with Crippen molar-refractivity contribution < 1.29 is 5.11 Å². The van der Waals surface area contributed by atoms with Gasteiger partial charge in [0.05, 0.1) is 0 Å². The topological polar surface area (TPSA) is 33.1 Å². The summed E-state index contributed by atoms with van der Waals surface area (Å²) >= 11 is 0. The van der Waals surface area contributed by atoms with Gasteiger partial charge in [-0.3, -0.25) is 4.98 Å². The lowest BCUT2D eigenvalue weighted by atomic mass is 10.1. The molecule has 0 aliphatic carbocycles. The molecule has 0 atom stereocenters. The van der Waals surface area contributed by atoms with Crippen LogP contribution in [0.5, 0.6) is 0 Å². The summed E-state index contributed by atoms with van der Waals surface area (Å²) in [5.41, 5.74) is 3.20. The van der Waals surface area contributed by atoms with Crippen LogP contribution in [0.2, 0.25) is 0 Å². The summed E-state index contributed by atoms with van der Waals surface area (Å²) < 4.78 is 0. The van der Waals surface area contributed by atoms with Crippen molar-refractivity contribution >= 4 is 6.08 Å². The number of aromatic nitrogens is 1. The molecule has 0 saturated carbocycles. The SMILES string of the molecule is Cc1ccc(C=CCCO)c(C)n1. The fraction of sp³-hybridized carbons (Fsp3) is 0.364. The largest absolute Gasteiger partial charge is 0.396 e. The van der Waals surface area contributed by atoms with Gasteiger partial charge < -0.3 is 5.11 Å². The Kier molecular flexibility index (Phi) is 3.65. The minimum absolute atomic E-state index is 0.203. The maximum Gasteiger partial charge on any atom is 0.0465 e. The fourth-order valence-corrected chi connectivity index (χ4v) is 1.16. The Morgan fingerprint density at radius 2 is 2.15 bits per heavy atom. The van der Waals surface area contributed by atoms with Crippen LogP contribution in [0.4, 0.5) is 0 Å². The molecule has 13 heavy (non-hydrogen) atoms. The van der Waals surface area contributed by atoms with Crippen LogP contribution in [0, 0.1) is 13.8 Å². The number of pyridine rings is 1. The van der Waals surface area contributed by atoms with Gasteiger partial charge >= 0.3 is 0 Å². The quantitative estimate of drug-likeness (QED) is 0.767. The molecular formula is C11H15NO. The van der Waals surface area contributed by atoms with E-state index in [4.69, 9.17) is 5.11 Å². The molecule has 0 aliphatic heterocycles. The van der Waals surface area contributed by atoms with Crippen molar-refractivity contribution in [2.45, 2.75) is 20.3 Å². The van der Waals surface area contributed by atoms with Crippen LogP contribution in [-0.2, 0) is 0 Å². The Balaban J connectivity index is 2.77. The molecular weight excluding hydrogens is 162 g/mol. The number of hydrogen-bond donors (Lipinski definition) is 1. The van der Waals surface area contributed by atoms with Crippen LogP contribution < -0.4 is 0 Å². The van der Waals surface area contributed by atoms with Crippen molar-refractivity contribution in [2.75, 3.05) is 6.61 Å². The van der Waals surface area contributed by atoms with Crippen molar-refractivity contribution in [3.8, 4) is 0 Å². The maximum absolute atomic E-state index is 8.59. The molecule has 1 aromatic heterocycles. The van der Waals surface area contributed by atoms with Crippen LogP contribution in [-0.4, -0.2) is 16.7 Å². The third-order valence-electron chi connectivity index (χ3n) is 1.86. The molecule has 0 saturated heterocycles. The second-order valence-electron chi connectivity index (χ2n) is 3.04. The highest BCUT2D eigenvalue weighted by atomic mass is 16.2. The van der Waals surface area contributed by atoms with E-state index in [-0.39, 0.29) is 6.61 Å². The second-order valence-corrected chi connectivity index (χ2v) is 3.04. The van der Waals surface area contributed by atoms with Crippen molar-refractivity contribution in [1.29, 1.82) is 0 Å². The molecule has 0 fully saturated rings. The molecule has 2 heteroatoms. The molecule has 0 aliphatic rings. The minimum Gasteiger partial charge on any atom is -0.396 e. The monoisotopic (exact) mass is 177 g/mol. The first-order valence-electron chi connectivity index (χ1n) is 4.45. The Hall–Kier alpha value is -1.15. The van der Waals surface area contributed by atoms with Crippen molar-refractivity contribution in [3.63, 3.8) is 0 Å². The number of aliphatic hydroxyl groups excluding tert-OH is 1. The van der Waals surface area contributed by atoms with Crippen LogP contribution >= 0.6 is 0 Å². The Labute approximate surface area is 78.9 Å².